The first kappa shape index (κ1) is 17.2. The number of hydrogen-bond donors (Lipinski definition) is 2. The molecule has 0 heterocycles. The van der Waals surface area contributed by atoms with Gasteiger partial charge in [0.25, 0.3) is 0 Å². The maximum Gasteiger partial charge on any atom is 0.325 e. The van der Waals surface area contributed by atoms with Crippen molar-refractivity contribution in [1.29, 1.82) is 0 Å². The van der Waals surface area contributed by atoms with Crippen molar-refractivity contribution in [1.82, 2.24) is 10.2 Å². The molecule has 0 saturated carbocycles. The number of carboxylic acids is 1. The molecule has 0 spiro atoms. The van der Waals surface area contributed by atoms with Crippen LogP contribution in [0.4, 0.5) is 4.79 Å². The Labute approximate surface area is 112 Å². The third kappa shape index (κ3) is 5.15. The van der Waals surface area contributed by atoms with Gasteiger partial charge in [0.1, 0.15) is 6.54 Å². The minimum absolute atomic E-state index is 0.00927. The van der Waals surface area contributed by atoms with E-state index in [9.17, 15) is 14.4 Å². The SMILES string of the molecule is CCN(CC(=O)OC)C(=O)NCC(C)(CC)C(=O)O. The number of urea groups is 1. The van der Waals surface area contributed by atoms with Crippen LogP contribution in [-0.2, 0) is 14.3 Å². The molecular formula is C12H22N2O5. The molecule has 2 amide bonds. The molecule has 1 atom stereocenters. The second-order valence-corrected chi connectivity index (χ2v) is 4.47. The average Bonchev–Trinajstić information content (AvgIpc) is 2.40. The lowest BCUT2D eigenvalue weighted by atomic mass is 9.88. The standard InChI is InChI=1S/C12H22N2O5/c1-5-12(3,10(16)17)8-13-11(18)14(6-2)7-9(15)19-4/h5-8H2,1-4H3,(H,13,18)(H,16,17). The minimum Gasteiger partial charge on any atom is -0.481 e. The summed E-state index contributed by atoms with van der Waals surface area (Å²) in [5.74, 6) is -1.49. The van der Waals surface area contributed by atoms with Crippen molar-refractivity contribution in [3.8, 4) is 0 Å². The van der Waals surface area contributed by atoms with E-state index in [4.69, 9.17) is 5.11 Å². The second kappa shape index (κ2) is 7.60. The number of hydrogen-bond acceptors (Lipinski definition) is 4. The zero-order valence-corrected chi connectivity index (χ0v) is 11.9. The largest absolute Gasteiger partial charge is 0.481 e. The number of likely N-dealkylation sites (N-methyl/N-ethyl adjacent to an activating group) is 1. The number of amides is 2. The van der Waals surface area contributed by atoms with E-state index >= 15 is 0 Å². The highest BCUT2D eigenvalue weighted by molar-refractivity contribution is 5.81. The van der Waals surface area contributed by atoms with Gasteiger partial charge in [-0.1, -0.05) is 6.92 Å². The van der Waals surface area contributed by atoms with Gasteiger partial charge >= 0.3 is 18.0 Å². The van der Waals surface area contributed by atoms with Crippen LogP contribution in [0.25, 0.3) is 0 Å². The van der Waals surface area contributed by atoms with Crippen LogP contribution in [0.15, 0.2) is 0 Å². The van der Waals surface area contributed by atoms with E-state index < -0.39 is 23.4 Å². The number of nitrogens with one attached hydrogen (secondary N) is 1. The van der Waals surface area contributed by atoms with Crippen LogP contribution in [0.5, 0.6) is 0 Å². The van der Waals surface area contributed by atoms with Crippen LogP contribution in [0.3, 0.4) is 0 Å². The Morgan fingerprint density at radius 3 is 2.26 bits per heavy atom. The van der Waals surface area contributed by atoms with E-state index in [0.29, 0.717) is 13.0 Å². The molecule has 0 aromatic carbocycles. The van der Waals surface area contributed by atoms with Crippen LogP contribution in [0.2, 0.25) is 0 Å². The number of ether oxygens (including phenoxy) is 1. The molecule has 0 rings (SSSR count). The minimum atomic E-state index is -1.01. The average molecular weight is 274 g/mol. The maximum absolute atomic E-state index is 11.8. The van der Waals surface area contributed by atoms with Gasteiger partial charge in [-0.05, 0) is 20.3 Å². The van der Waals surface area contributed by atoms with E-state index in [1.807, 2.05) is 0 Å². The number of aliphatic carboxylic acids is 1. The lowest BCUT2D eigenvalue weighted by Gasteiger charge is -2.26. The third-order valence-corrected chi connectivity index (χ3v) is 3.14. The number of carboxylic acid groups (broad SMARTS) is 1. The molecule has 0 aromatic heterocycles. The monoisotopic (exact) mass is 274 g/mol. The predicted octanol–water partition coefficient (Wildman–Crippen LogP) is 0.692. The van der Waals surface area contributed by atoms with Crippen molar-refractivity contribution >= 4 is 18.0 Å². The van der Waals surface area contributed by atoms with E-state index in [1.165, 1.54) is 12.0 Å². The number of esters is 1. The second-order valence-electron chi connectivity index (χ2n) is 4.47. The first-order chi connectivity index (χ1) is 8.80. The molecule has 0 aliphatic heterocycles. The lowest BCUT2D eigenvalue weighted by molar-refractivity contribution is -0.148. The first-order valence-corrected chi connectivity index (χ1v) is 6.13. The van der Waals surface area contributed by atoms with Gasteiger partial charge in [0.15, 0.2) is 0 Å². The lowest BCUT2D eigenvalue weighted by Crippen LogP contribution is -2.47. The van der Waals surface area contributed by atoms with Crippen molar-refractivity contribution in [2.24, 2.45) is 5.41 Å². The highest BCUT2D eigenvalue weighted by Gasteiger charge is 2.32. The van der Waals surface area contributed by atoms with Gasteiger partial charge in [-0.2, -0.15) is 0 Å². The summed E-state index contributed by atoms with van der Waals surface area (Å²) in [6.45, 7) is 5.21. The topological polar surface area (TPSA) is 95.9 Å². The third-order valence-electron chi connectivity index (χ3n) is 3.14. The fraction of sp³-hybridized carbons (Fsp3) is 0.750. The zero-order valence-electron chi connectivity index (χ0n) is 11.9. The van der Waals surface area contributed by atoms with Crippen molar-refractivity contribution in [2.75, 3.05) is 26.7 Å². The maximum atomic E-state index is 11.8. The Morgan fingerprint density at radius 1 is 1.32 bits per heavy atom. The normalized spacial score (nSPS) is 13.3. The molecule has 0 aliphatic rings. The van der Waals surface area contributed by atoms with Crippen LogP contribution >= 0.6 is 0 Å². The van der Waals surface area contributed by atoms with Crippen molar-refractivity contribution in [2.45, 2.75) is 27.2 Å². The molecule has 19 heavy (non-hydrogen) atoms. The predicted molar refractivity (Wildman–Crippen MR) is 68.7 cm³/mol. The van der Waals surface area contributed by atoms with Crippen LogP contribution in [0.1, 0.15) is 27.2 Å². The Kier molecular flexibility index (Phi) is 6.89. The van der Waals surface area contributed by atoms with Gasteiger partial charge in [-0.25, -0.2) is 4.79 Å². The van der Waals surface area contributed by atoms with Crippen LogP contribution in [0, 0.1) is 5.41 Å². The summed E-state index contributed by atoms with van der Waals surface area (Å²) < 4.78 is 4.48. The Balaban J connectivity index is 4.50. The summed E-state index contributed by atoms with van der Waals surface area (Å²) in [6.07, 6.45) is 0.395. The number of carbonyl (C=O) groups excluding carboxylic acids is 2. The van der Waals surface area contributed by atoms with E-state index in [-0.39, 0.29) is 13.1 Å². The van der Waals surface area contributed by atoms with Gasteiger partial charge in [-0.15, -0.1) is 0 Å². The van der Waals surface area contributed by atoms with Gasteiger partial charge < -0.3 is 20.1 Å². The summed E-state index contributed by atoms with van der Waals surface area (Å²) in [5, 5.41) is 11.6. The molecular weight excluding hydrogens is 252 g/mol. The van der Waals surface area contributed by atoms with Gasteiger partial charge in [0, 0.05) is 13.1 Å². The van der Waals surface area contributed by atoms with Gasteiger partial charge in [-0.3, -0.25) is 9.59 Å². The molecule has 0 fully saturated rings. The Hall–Kier alpha value is -1.79. The van der Waals surface area contributed by atoms with Crippen molar-refractivity contribution < 1.29 is 24.2 Å². The highest BCUT2D eigenvalue weighted by Crippen LogP contribution is 2.19. The van der Waals surface area contributed by atoms with Gasteiger partial charge in [0.05, 0.1) is 12.5 Å². The molecule has 2 N–H and O–H groups in total. The molecule has 0 aliphatic carbocycles. The Bertz CT molecular complexity index is 345. The Morgan fingerprint density at radius 2 is 1.89 bits per heavy atom. The molecule has 0 aromatic rings. The molecule has 0 radical (unpaired) electrons. The fourth-order valence-corrected chi connectivity index (χ4v) is 1.28. The molecule has 1 unspecified atom stereocenters. The number of rotatable bonds is 7. The molecule has 7 nitrogen and oxygen atoms in total. The fourth-order valence-electron chi connectivity index (χ4n) is 1.28. The summed E-state index contributed by atoms with van der Waals surface area (Å²) in [6, 6.07) is -0.478. The van der Waals surface area contributed by atoms with E-state index in [0.717, 1.165) is 0 Å². The van der Waals surface area contributed by atoms with Crippen LogP contribution in [-0.4, -0.2) is 54.7 Å². The summed E-state index contributed by atoms with van der Waals surface area (Å²) in [7, 11) is 1.24. The molecule has 0 bridgehead atoms. The quantitative estimate of drug-likeness (QED) is 0.666. The molecule has 0 saturated heterocycles. The van der Waals surface area contributed by atoms with E-state index in [1.54, 1.807) is 20.8 Å². The van der Waals surface area contributed by atoms with Crippen molar-refractivity contribution in [3.63, 3.8) is 0 Å². The van der Waals surface area contributed by atoms with E-state index in [2.05, 4.69) is 10.1 Å². The number of nitrogens with zero attached hydrogens (tertiary/aromatic N) is 1. The molecule has 7 heteroatoms. The summed E-state index contributed by atoms with van der Waals surface area (Å²) in [4.78, 5) is 35.3. The number of methoxy groups -OCH3 is 1. The van der Waals surface area contributed by atoms with Gasteiger partial charge in [0.2, 0.25) is 0 Å². The van der Waals surface area contributed by atoms with Crippen LogP contribution < -0.4 is 5.32 Å². The summed E-state index contributed by atoms with van der Waals surface area (Å²) >= 11 is 0. The first-order valence-electron chi connectivity index (χ1n) is 6.13. The number of carbonyl (C=O) groups is 3. The summed E-state index contributed by atoms with van der Waals surface area (Å²) in [5.41, 5.74) is -1.01. The van der Waals surface area contributed by atoms with Crippen molar-refractivity contribution in [3.05, 3.63) is 0 Å². The molecule has 110 valence electrons. The zero-order chi connectivity index (χ0) is 15.1. The smallest absolute Gasteiger partial charge is 0.325 e. The highest BCUT2D eigenvalue weighted by atomic mass is 16.5.